The van der Waals surface area contributed by atoms with E-state index in [2.05, 4.69) is 15.6 Å². The number of nitrogens with zero attached hydrogens (tertiary/aromatic N) is 1. The zero-order valence-corrected chi connectivity index (χ0v) is 20.6. The van der Waals surface area contributed by atoms with Gasteiger partial charge in [-0.2, -0.15) is 0 Å². The van der Waals surface area contributed by atoms with Gasteiger partial charge in [-0.15, -0.1) is 23.1 Å². The van der Waals surface area contributed by atoms with Crippen LogP contribution in [0.1, 0.15) is 23.0 Å². The predicted molar refractivity (Wildman–Crippen MR) is 140 cm³/mol. The van der Waals surface area contributed by atoms with Crippen LogP contribution in [-0.2, 0) is 20.7 Å². The lowest BCUT2D eigenvalue weighted by atomic mass is 10.1. The van der Waals surface area contributed by atoms with Gasteiger partial charge < -0.3 is 15.4 Å². The van der Waals surface area contributed by atoms with Crippen molar-refractivity contribution in [3.05, 3.63) is 83.4 Å². The number of ether oxygens (including phenoxy) is 1. The fourth-order valence-electron chi connectivity index (χ4n) is 3.28. The van der Waals surface area contributed by atoms with Crippen molar-refractivity contribution in [3.63, 3.8) is 0 Å². The Hall–Kier alpha value is -3.69. The number of hydrogen-bond acceptors (Lipinski definition) is 7. The largest absolute Gasteiger partial charge is 0.466 e. The van der Waals surface area contributed by atoms with Crippen molar-refractivity contribution < 1.29 is 19.1 Å². The highest BCUT2D eigenvalue weighted by molar-refractivity contribution is 8.00. The van der Waals surface area contributed by atoms with Gasteiger partial charge in [0.15, 0.2) is 5.13 Å². The van der Waals surface area contributed by atoms with Crippen molar-refractivity contribution >= 4 is 62.5 Å². The van der Waals surface area contributed by atoms with E-state index in [1.54, 1.807) is 12.3 Å². The molecule has 0 saturated carbocycles. The smallest absolute Gasteiger partial charge is 0.311 e. The number of hydrogen-bond donors (Lipinski definition) is 2. The van der Waals surface area contributed by atoms with Crippen LogP contribution in [-0.4, -0.2) is 35.1 Å². The normalized spacial score (nSPS) is 10.7. The monoisotopic (exact) mass is 505 g/mol. The summed E-state index contributed by atoms with van der Waals surface area (Å²) < 4.78 is 4.90. The first-order valence-corrected chi connectivity index (χ1v) is 12.8. The molecule has 4 rings (SSSR count). The van der Waals surface area contributed by atoms with Gasteiger partial charge in [0.25, 0.3) is 5.91 Å². The standard InChI is InChI=1S/C26H23N3O4S2/c1-2-33-24(31)14-21-15-35-26(28-21)29-23(30)16-34-22-11-9-20(10-12-22)27-25(32)19-8-7-17-5-3-4-6-18(17)13-19/h3-13,15H,2,14,16H2,1H3,(H,27,32)(H,28,29,30). The first kappa shape index (κ1) is 24.4. The number of amides is 2. The Labute approximate surface area is 210 Å². The second kappa shape index (κ2) is 11.6. The van der Waals surface area contributed by atoms with Gasteiger partial charge in [-0.05, 0) is 54.1 Å². The number of thioether (sulfide) groups is 1. The molecule has 0 aliphatic carbocycles. The van der Waals surface area contributed by atoms with Crippen molar-refractivity contribution in [2.24, 2.45) is 0 Å². The topological polar surface area (TPSA) is 97.4 Å². The summed E-state index contributed by atoms with van der Waals surface area (Å²) in [5.41, 5.74) is 1.83. The van der Waals surface area contributed by atoms with Crippen LogP contribution in [0, 0.1) is 0 Å². The van der Waals surface area contributed by atoms with E-state index in [-0.39, 0.29) is 30.0 Å². The van der Waals surface area contributed by atoms with Gasteiger partial charge in [0.2, 0.25) is 5.91 Å². The molecule has 0 bridgehead atoms. The van der Waals surface area contributed by atoms with E-state index < -0.39 is 0 Å². The van der Waals surface area contributed by atoms with Crippen molar-refractivity contribution in [1.82, 2.24) is 4.98 Å². The summed E-state index contributed by atoms with van der Waals surface area (Å²) >= 11 is 2.64. The second-order valence-corrected chi connectivity index (χ2v) is 9.41. The van der Waals surface area contributed by atoms with E-state index in [1.165, 1.54) is 23.1 Å². The Morgan fingerprint density at radius 1 is 0.971 bits per heavy atom. The fraction of sp³-hybridized carbons (Fsp3) is 0.154. The van der Waals surface area contributed by atoms with Crippen molar-refractivity contribution in [2.75, 3.05) is 23.0 Å². The van der Waals surface area contributed by atoms with E-state index in [4.69, 9.17) is 4.74 Å². The maximum atomic E-state index is 12.6. The van der Waals surface area contributed by atoms with E-state index in [1.807, 2.05) is 66.7 Å². The van der Waals surface area contributed by atoms with Crippen LogP contribution in [0.2, 0.25) is 0 Å². The highest BCUT2D eigenvalue weighted by Gasteiger charge is 2.11. The molecule has 1 heterocycles. The summed E-state index contributed by atoms with van der Waals surface area (Å²) in [5.74, 6) is -0.513. The van der Waals surface area contributed by atoms with Gasteiger partial charge in [0, 0.05) is 21.5 Å². The van der Waals surface area contributed by atoms with Gasteiger partial charge in [0.05, 0.1) is 24.5 Å². The maximum absolute atomic E-state index is 12.6. The number of carbonyl (C=O) groups is 3. The van der Waals surface area contributed by atoms with Gasteiger partial charge in [-0.3, -0.25) is 14.4 Å². The molecule has 4 aromatic rings. The number of esters is 1. The Morgan fingerprint density at radius 3 is 2.51 bits per heavy atom. The number of benzene rings is 3. The van der Waals surface area contributed by atoms with Crippen LogP contribution in [0.25, 0.3) is 10.8 Å². The number of rotatable bonds is 9. The molecule has 3 aromatic carbocycles. The van der Waals surface area contributed by atoms with E-state index in [9.17, 15) is 14.4 Å². The van der Waals surface area contributed by atoms with E-state index >= 15 is 0 Å². The van der Waals surface area contributed by atoms with E-state index in [0.29, 0.717) is 28.7 Å². The van der Waals surface area contributed by atoms with Gasteiger partial charge in [-0.1, -0.05) is 30.3 Å². The number of aromatic nitrogens is 1. The minimum atomic E-state index is -0.344. The molecule has 178 valence electrons. The lowest BCUT2D eigenvalue weighted by molar-refractivity contribution is -0.142. The zero-order chi connectivity index (χ0) is 24.6. The fourth-order valence-corrected chi connectivity index (χ4v) is 4.70. The first-order valence-electron chi connectivity index (χ1n) is 10.9. The minimum Gasteiger partial charge on any atom is -0.466 e. The third-order valence-electron chi connectivity index (χ3n) is 4.92. The van der Waals surface area contributed by atoms with Gasteiger partial charge >= 0.3 is 5.97 Å². The molecule has 2 N–H and O–H groups in total. The van der Waals surface area contributed by atoms with Crippen LogP contribution in [0.5, 0.6) is 0 Å². The molecule has 7 nitrogen and oxygen atoms in total. The van der Waals surface area contributed by atoms with E-state index in [0.717, 1.165) is 15.7 Å². The molecule has 0 unspecified atom stereocenters. The number of nitrogens with one attached hydrogen (secondary N) is 2. The maximum Gasteiger partial charge on any atom is 0.311 e. The highest BCUT2D eigenvalue weighted by Crippen LogP contribution is 2.23. The summed E-state index contributed by atoms with van der Waals surface area (Å²) in [6.07, 6.45) is 0.0821. The molecular formula is C26H23N3O4S2. The molecule has 0 aliphatic rings. The SMILES string of the molecule is CCOC(=O)Cc1csc(NC(=O)CSc2ccc(NC(=O)c3ccc4ccccc4c3)cc2)n1. The third-order valence-corrected chi connectivity index (χ3v) is 6.74. The highest BCUT2D eigenvalue weighted by atomic mass is 32.2. The van der Waals surface area contributed by atoms with Crippen molar-refractivity contribution in [1.29, 1.82) is 0 Å². The summed E-state index contributed by atoms with van der Waals surface area (Å²) in [5, 5.41) is 9.92. The zero-order valence-electron chi connectivity index (χ0n) is 18.9. The lowest BCUT2D eigenvalue weighted by Crippen LogP contribution is -2.14. The summed E-state index contributed by atoms with van der Waals surface area (Å²) in [6.45, 7) is 2.07. The second-order valence-electron chi connectivity index (χ2n) is 7.50. The number of carbonyl (C=O) groups excluding carboxylic acids is 3. The molecule has 0 atom stereocenters. The van der Waals surface area contributed by atoms with Crippen molar-refractivity contribution in [3.8, 4) is 0 Å². The molecule has 0 saturated heterocycles. The average Bonchev–Trinajstić information content (AvgIpc) is 3.29. The van der Waals surface area contributed by atoms with Crippen LogP contribution in [0.3, 0.4) is 0 Å². The molecule has 35 heavy (non-hydrogen) atoms. The molecule has 0 radical (unpaired) electrons. The number of anilines is 2. The number of thiazole rings is 1. The van der Waals surface area contributed by atoms with Gasteiger partial charge in [-0.25, -0.2) is 4.98 Å². The predicted octanol–water partition coefficient (Wildman–Crippen LogP) is 5.39. The van der Waals surface area contributed by atoms with Crippen LogP contribution in [0.4, 0.5) is 10.8 Å². The van der Waals surface area contributed by atoms with Crippen molar-refractivity contribution in [2.45, 2.75) is 18.2 Å². The van der Waals surface area contributed by atoms with Gasteiger partial charge in [0.1, 0.15) is 0 Å². The molecule has 0 aliphatic heterocycles. The molecule has 0 spiro atoms. The number of fused-ring (bicyclic) bond motifs is 1. The average molecular weight is 506 g/mol. The Morgan fingerprint density at radius 2 is 1.74 bits per heavy atom. The van der Waals surface area contributed by atoms with Crippen LogP contribution in [0.15, 0.2) is 77.0 Å². The van der Waals surface area contributed by atoms with Crippen LogP contribution >= 0.6 is 23.1 Å². The first-order chi connectivity index (χ1) is 17.0. The Balaban J connectivity index is 1.26. The molecular weight excluding hydrogens is 482 g/mol. The summed E-state index contributed by atoms with van der Waals surface area (Å²) in [7, 11) is 0. The summed E-state index contributed by atoms with van der Waals surface area (Å²) in [6, 6.07) is 20.8. The quantitative estimate of drug-likeness (QED) is 0.234. The molecule has 1 aromatic heterocycles. The lowest BCUT2D eigenvalue weighted by Gasteiger charge is -2.08. The van der Waals surface area contributed by atoms with Crippen LogP contribution < -0.4 is 10.6 Å². The minimum absolute atomic E-state index is 0.0821. The Bertz CT molecular complexity index is 1350. The Kier molecular flexibility index (Phi) is 8.12. The third kappa shape index (κ3) is 6.91. The molecule has 9 heteroatoms. The molecule has 2 amide bonds. The molecule has 0 fully saturated rings. The summed E-state index contributed by atoms with van der Waals surface area (Å²) in [4.78, 5) is 41.6.